The fourth-order valence-electron chi connectivity index (χ4n) is 2.74. The van der Waals surface area contributed by atoms with Gasteiger partial charge in [-0.2, -0.15) is 0 Å². The van der Waals surface area contributed by atoms with Gasteiger partial charge in [0, 0.05) is 56.5 Å². The Labute approximate surface area is 149 Å². The second kappa shape index (κ2) is 7.08. The minimum Gasteiger partial charge on any atom is -0.409 e. The van der Waals surface area contributed by atoms with Crippen molar-refractivity contribution >= 4 is 18.2 Å². The van der Waals surface area contributed by atoms with Crippen LogP contribution in [0.25, 0.3) is 11.5 Å². The molecule has 0 aliphatic carbocycles. The number of aromatic nitrogens is 5. The number of anilines is 1. The number of hydrogen-bond acceptors (Lipinski definition) is 8. The Morgan fingerprint density at radius 1 is 1.00 bits per heavy atom. The molecule has 1 aliphatic rings. The lowest BCUT2D eigenvalue weighted by atomic mass is 10.3. The van der Waals surface area contributed by atoms with Crippen molar-refractivity contribution in [3.8, 4) is 11.5 Å². The topological polar surface area (TPSA) is 76.1 Å². The van der Waals surface area contributed by atoms with Gasteiger partial charge in [-0.15, -0.1) is 5.10 Å². The third-order valence-electron chi connectivity index (χ3n) is 4.07. The SMILES string of the molecule is S=c1oc(-c2ccncc2)nn1CN1CCN(c2ncccn2)CC1. The van der Waals surface area contributed by atoms with Gasteiger partial charge < -0.3 is 9.32 Å². The maximum absolute atomic E-state index is 5.61. The first-order valence-electron chi connectivity index (χ1n) is 8.02. The van der Waals surface area contributed by atoms with Crippen molar-refractivity contribution in [2.45, 2.75) is 6.67 Å². The van der Waals surface area contributed by atoms with E-state index in [9.17, 15) is 0 Å². The average molecular weight is 355 g/mol. The third-order valence-corrected chi connectivity index (χ3v) is 4.37. The Kier molecular flexibility index (Phi) is 4.49. The number of piperazine rings is 1. The normalized spacial score (nSPS) is 15.4. The van der Waals surface area contributed by atoms with Crippen molar-refractivity contribution in [3.05, 3.63) is 47.8 Å². The van der Waals surface area contributed by atoms with Crippen LogP contribution in [0.5, 0.6) is 0 Å². The summed E-state index contributed by atoms with van der Waals surface area (Å²) in [5.74, 6) is 1.30. The predicted octanol–water partition coefficient (Wildman–Crippen LogP) is 1.84. The van der Waals surface area contributed by atoms with Gasteiger partial charge in [0.15, 0.2) is 0 Å². The quantitative estimate of drug-likeness (QED) is 0.656. The highest BCUT2D eigenvalue weighted by Gasteiger charge is 2.20. The largest absolute Gasteiger partial charge is 0.409 e. The molecule has 0 N–H and O–H groups in total. The molecule has 0 radical (unpaired) electrons. The molecule has 1 aliphatic heterocycles. The first-order chi connectivity index (χ1) is 12.3. The van der Waals surface area contributed by atoms with Crippen LogP contribution < -0.4 is 4.90 Å². The van der Waals surface area contributed by atoms with E-state index in [4.69, 9.17) is 16.6 Å². The van der Waals surface area contributed by atoms with Crippen molar-refractivity contribution in [2.75, 3.05) is 31.1 Å². The summed E-state index contributed by atoms with van der Waals surface area (Å²) >= 11 is 5.30. The van der Waals surface area contributed by atoms with E-state index >= 15 is 0 Å². The molecule has 3 aromatic rings. The van der Waals surface area contributed by atoms with E-state index in [-0.39, 0.29) is 0 Å². The van der Waals surface area contributed by atoms with Crippen molar-refractivity contribution in [1.82, 2.24) is 29.6 Å². The molecule has 0 atom stereocenters. The Balaban J connectivity index is 1.41. The van der Waals surface area contributed by atoms with Gasteiger partial charge in [-0.3, -0.25) is 9.88 Å². The summed E-state index contributed by atoms with van der Waals surface area (Å²) in [5.41, 5.74) is 0.867. The molecule has 1 fully saturated rings. The average Bonchev–Trinajstić information content (AvgIpc) is 3.04. The van der Waals surface area contributed by atoms with Crippen LogP contribution in [0.3, 0.4) is 0 Å². The number of rotatable bonds is 4. The van der Waals surface area contributed by atoms with Gasteiger partial charge in [-0.1, -0.05) is 0 Å². The second-order valence-electron chi connectivity index (χ2n) is 5.70. The molecule has 9 heteroatoms. The van der Waals surface area contributed by atoms with Crippen molar-refractivity contribution in [3.63, 3.8) is 0 Å². The lowest BCUT2D eigenvalue weighted by Crippen LogP contribution is -2.47. The summed E-state index contributed by atoms with van der Waals surface area (Å²) in [4.78, 5) is 17.5. The molecule has 0 saturated carbocycles. The molecule has 25 heavy (non-hydrogen) atoms. The fourth-order valence-corrected chi connectivity index (χ4v) is 2.92. The highest BCUT2D eigenvalue weighted by molar-refractivity contribution is 7.71. The number of pyridine rings is 1. The summed E-state index contributed by atoms with van der Waals surface area (Å²) in [7, 11) is 0. The smallest absolute Gasteiger partial charge is 0.288 e. The maximum Gasteiger partial charge on any atom is 0.288 e. The van der Waals surface area contributed by atoms with Gasteiger partial charge in [0.05, 0.1) is 6.67 Å². The summed E-state index contributed by atoms with van der Waals surface area (Å²) in [6.07, 6.45) is 6.95. The highest BCUT2D eigenvalue weighted by atomic mass is 32.1. The van der Waals surface area contributed by atoms with Crippen LogP contribution in [0, 0.1) is 4.84 Å². The van der Waals surface area contributed by atoms with Crippen LogP contribution in [0.15, 0.2) is 47.4 Å². The molecular formula is C16H17N7OS. The van der Waals surface area contributed by atoms with Crippen LogP contribution in [0.2, 0.25) is 0 Å². The molecule has 0 amide bonds. The zero-order valence-corrected chi connectivity index (χ0v) is 14.3. The van der Waals surface area contributed by atoms with E-state index in [2.05, 4.69) is 29.9 Å². The van der Waals surface area contributed by atoms with E-state index in [1.807, 2.05) is 18.2 Å². The molecule has 8 nitrogen and oxygen atoms in total. The van der Waals surface area contributed by atoms with Crippen molar-refractivity contribution in [2.24, 2.45) is 0 Å². The first-order valence-corrected chi connectivity index (χ1v) is 8.43. The second-order valence-corrected chi connectivity index (χ2v) is 6.05. The molecule has 4 heterocycles. The van der Waals surface area contributed by atoms with Gasteiger partial charge in [0.2, 0.25) is 11.8 Å². The summed E-state index contributed by atoms with van der Waals surface area (Å²) < 4.78 is 7.34. The number of hydrogen-bond donors (Lipinski definition) is 0. The van der Waals surface area contributed by atoms with Gasteiger partial charge in [0.1, 0.15) is 0 Å². The van der Waals surface area contributed by atoms with Crippen LogP contribution >= 0.6 is 12.2 Å². The molecular weight excluding hydrogens is 338 g/mol. The van der Waals surface area contributed by atoms with Crippen molar-refractivity contribution in [1.29, 1.82) is 0 Å². The highest BCUT2D eigenvalue weighted by Crippen LogP contribution is 2.17. The lowest BCUT2D eigenvalue weighted by molar-refractivity contribution is 0.191. The molecule has 0 bridgehead atoms. The molecule has 0 aromatic carbocycles. The maximum atomic E-state index is 5.61. The monoisotopic (exact) mass is 355 g/mol. The molecule has 0 spiro atoms. The Morgan fingerprint density at radius 2 is 1.72 bits per heavy atom. The van der Waals surface area contributed by atoms with Crippen LogP contribution in [0.1, 0.15) is 0 Å². The fraction of sp³-hybridized carbons (Fsp3) is 0.312. The van der Waals surface area contributed by atoms with Gasteiger partial charge in [0.25, 0.3) is 4.84 Å². The Bertz CT molecular complexity index is 872. The predicted molar refractivity (Wildman–Crippen MR) is 94.4 cm³/mol. The summed E-state index contributed by atoms with van der Waals surface area (Å²) in [5, 5.41) is 4.49. The van der Waals surface area contributed by atoms with E-state index < -0.39 is 0 Å². The molecule has 1 saturated heterocycles. The first kappa shape index (κ1) is 15.9. The van der Waals surface area contributed by atoms with E-state index in [1.165, 1.54) is 0 Å². The Hall–Kier alpha value is -2.65. The zero-order valence-electron chi connectivity index (χ0n) is 13.5. The summed E-state index contributed by atoms with van der Waals surface area (Å²) in [6, 6.07) is 5.53. The third kappa shape index (κ3) is 3.57. The van der Waals surface area contributed by atoms with Crippen molar-refractivity contribution < 1.29 is 4.42 Å². The van der Waals surface area contributed by atoms with E-state index in [0.29, 0.717) is 17.4 Å². The van der Waals surface area contributed by atoms with Crippen LogP contribution in [0.4, 0.5) is 5.95 Å². The van der Waals surface area contributed by atoms with Gasteiger partial charge in [-0.05, 0) is 30.4 Å². The standard InChI is InChI=1S/C16H17N7OS/c25-16-23(20-14(24-16)13-2-6-17-7-3-13)12-21-8-10-22(11-9-21)15-18-4-1-5-19-15/h1-7H,8-12H2. The van der Waals surface area contributed by atoms with Gasteiger partial charge >= 0.3 is 0 Å². The van der Waals surface area contributed by atoms with Crippen LogP contribution in [-0.2, 0) is 6.67 Å². The molecule has 128 valence electrons. The van der Waals surface area contributed by atoms with E-state index in [0.717, 1.165) is 37.7 Å². The van der Waals surface area contributed by atoms with Gasteiger partial charge in [-0.25, -0.2) is 14.6 Å². The minimum absolute atomic E-state index is 0.376. The molecule has 3 aromatic heterocycles. The zero-order chi connectivity index (χ0) is 17.1. The number of nitrogens with zero attached hydrogens (tertiary/aromatic N) is 7. The molecule has 4 rings (SSSR count). The molecule has 0 unspecified atom stereocenters. The lowest BCUT2D eigenvalue weighted by Gasteiger charge is -2.34. The van der Waals surface area contributed by atoms with Crippen LogP contribution in [-0.4, -0.2) is 55.8 Å². The van der Waals surface area contributed by atoms with E-state index in [1.54, 1.807) is 29.5 Å². The minimum atomic E-state index is 0.376. The Morgan fingerprint density at radius 3 is 2.44 bits per heavy atom. The summed E-state index contributed by atoms with van der Waals surface area (Å²) in [6.45, 7) is 4.12.